The highest BCUT2D eigenvalue weighted by molar-refractivity contribution is 7.80. The summed E-state index contributed by atoms with van der Waals surface area (Å²) >= 11 is 5.09. The van der Waals surface area contributed by atoms with Crippen molar-refractivity contribution in [2.24, 2.45) is 11.7 Å². The summed E-state index contributed by atoms with van der Waals surface area (Å²) in [4.78, 5) is 0.386. The number of hydrogen-bond donors (Lipinski definition) is 2. The van der Waals surface area contributed by atoms with Gasteiger partial charge in [0.15, 0.2) is 5.82 Å². The van der Waals surface area contributed by atoms with E-state index in [4.69, 9.17) is 18.0 Å². The molecule has 1 aromatic heterocycles. The predicted molar refractivity (Wildman–Crippen MR) is 73.2 cm³/mol. The minimum atomic E-state index is 0.386. The van der Waals surface area contributed by atoms with Crippen LogP contribution in [0.25, 0.3) is 0 Å². The van der Waals surface area contributed by atoms with Crippen molar-refractivity contribution in [3.05, 3.63) is 16.8 Å². The molecule has 1 aliphatic carbocycles. The molecular formula is C12H18N4S. The first kappa shape index (κ1) is 12.2. The topological polar surface area (TPSA) is 63.8 Å². The van der Waals surface area contributed by atoms with E-state index in [2.05, 4.69) is 15.5 Å². The van der Waals surface area contributed by atoms with E-state index in [1.807, 2.05) is 13.8 Å². The van der Waals surface area contributed by atoms with Gasteiger partial charge in [0.1, 0.15) is 4.99 Å². The molecule has 17 heavy (non-hydrogen) atoms. The van der Waals surface area contributed by atoms with Crippen LogP contribution in [-0.4, -0.2) is 21.7 Å². The zero-order valence-corrected chi connectivity index (χ0v) is 11.1. The van der Waals surface area contributed by atoms with E-state index < -0.39 is 0 Å². The van der Waals surface area contributed by atoms with Gasteiger partial charge in [-0.15, -0.1) is 5.10 Å². The number of rotatable bonds is 4. The van der Waals surface area contributed by atoms with E-state index in [0.717, 1.165) is 35.1 Å². The highest BCUT2D eigenvalue weighted by Gasteiger charge is 2.19. The van der Waals surface area contributed by atoms with Gasteiger partial charge in [0.2, 0.25) is 0 Å². The third kappa shape index (κ3) is 2.54. The first-order valence-corrected chi connectivity index (χ1v) is 6.38. The van der Waals surface area contributed by atoms with Gasteiger partial charge in [-0.05, 0) is 38.2 Å². The smallest absolute Gasteiger partial charge is 0.159 e. The summed E-state index contributed by atoms with van der Waals surface area (Å²) in [5, 5.41) is 11.6. The third-order valence-corrected chi connectivity index (χ3v) is 3.69. The van der Waals surface area contributed by atoms with Crippen LogP contribution in [0.15, 0.2) is 0 Å². The van der Waals surface area contributed by atoms with E-state index in [1.165, 1.54) is 19.3 Å². The summed E-state index contributed by atoms with van der Waals surface area (Å²) < 4.78 is 0. The second-order valence-corrected chi connectivity index (χ2v) is 5.12. The maximum absolute atomic E-state index is 5.76. The molecule has 3 N–H and O–H groups in total. The van der Waals surface area contributed by atoms with Crippen molar-refractivity contribution >= 4 is 23.0 Å². The van der Waals surface area contributed by atoms with Gasteiger partial charge >= 0.3 is 0 Å². The Morgan fingerprint density at radius 1 is 1.41 bits per heavy atom. The Bertz CT molecular complexity index is 440. The molecule has 0 unspecified atom stereocenters. The molecule has 1 aliphatic rings. The molecule has 1 heterocycles. The lowest BCUT2D eigenvalue weighted by Crippen LogP contribution is -2.24. The molecule has 0 atom stereocenters. The van der Waals surface area contributed by atoms with Crippen LogP contribution in [0, 0.1) is 19.8 Å². The van der Waals surface area contributed by atoms with Gasteiger partial charge in [-0.25, -0.2) is 0 Å². The molecule has 0 bridgehead atoms. The Labute approximate surface area is 107 Å². The average molecular weight is 250 g/mol. The molecule has 92 valence electrons. The maximum atomic E-state index is 5.76. The van der Waals surface area contributed by atoms with Crippen molar-refractivity contribution in [2.45, 2.75) is 33.1 Å². The number of anilines is 1. The van der Waals surface area contributed by atoms with Crippen LogP contribution in [0.5, 0.6) is 0 Å². The summed E-state index contributed by atoms with van der Waals surface area (Å²) in [7, 11) is 0. The van der Waals surface area contributed by atoms with Gasteiger partial charge in [0.25, 0.3) is 0 Å². The molecule has 1 fully saturated rings. The number of aromatic nitrogens is 2. The molecule has 1 aromatic rings. The molecule has 0 radical (unpaired) electrons. The Kier molecular flexibility index (Phi) is 3.57. The Morgan fingerprint density at radius 2 is 2.12 bits per heavy atom. The Hall–Kier alpha value is -1.23. The number of hydrogen-bond acceptors (Lipinski definition) is 4. The molecule has 2 rings (SSSR count). The zero-order chi connectivity index (χ0) is 12.4. The largest absolute Gasteiger partial charge is 0.389 e. The minimum absolute atomic E-state index is 0.386. The van der Waals surface area contributed by atoms with Crippen LogP contribution in [0.1, 0.15) is 36.1 Å². The molecule has 0 spiro atoms. The quantitative estimate of drug-likeness (QED) is 0.800. The number of aryl methyl sites for hydroxylation is 1. The van der Waals surface area contributed by atoms with Crippen molar-refractivity contribution in [2.75, 3.05) is 11.9 Å². The molecule has 0 aromatic carbocycles. The molecule has 0 saturated heterocycles. The summed E-state index contributed by atoms with van der Waals surface area (Å²) in [5.41, 5.74) is 8.49. The SMILES string of the molecule is Cc1nnc(NCC2CCC2)c(C(N)=S)c1C. The normalized spacial score (nSPS) is 15.4. The van der Waals surface area contributed by atoms with Gasteiger partial charge in [0, 0.05) is 6.54 Å². The second-order valence-electron chi connectivity index (χ2n) is 4.68. The minimum Gasteiger partial charge on any atom is -0.389 e. The highest BCUT2D eigenvalue weighted by atomic mass is 32.1. The summed E-state index contributed by atoms with van der Waals surface area (Å²) in [6.07, 6.45) is 3.94. The monoisotopic (exact) mass is 250 g/mol. The summed E-state index contributed by atoms with van der Waals surface area (Å²) in [6, 6.07) is 0. The average Bonchev–Trinajstić information content (AvgIpc) is 2.20. The van der Waals surface area contributed by atoms with Gasteiger partial charge in [-0.3, -0.25) is 0 Å². The molecule has 4 nitrogen and oxygen atoms in total. The number of thiocarbonyl (C=S) groups is 1. The third-order valence-electron chi connectivity index (χ3n) is 3.48. The van der Waals surface area contributed by atoms with E-state index in [1.54, 1.807) is 0 Å². The number of nitrogens with two attached hydrogens (primary N) is 1. The standard InChI is InChI=1S/C12H18N4S/c1-7-8(2)15-16-12(10(7)11(13)17)14-6-9-4-3-5-9/h9H,3-6H2,1-2H3,(H2,13,17)(H,14,16). The van der Waals surface area contributed by atoms with Crippen molar-refractivity contribution in [1.82, 2.24) is 10.2 Å². The molecule has 1 saturated carbocycles. The van der Waals surface area contributed by atoms with Gasteiger partial charge < -0.3 is 11.1 Å². The first-order valence-electron chi connectivity index (χ1n) is 5.97. The van der Waals surface area contributed by atoms with Gasteiger partial charge in [-0.1, -0.05) is 18.6 Å². The fourth-order valence-electron chi connectivity index (χ4n) is 1.97. The van der Waals surface area contributed by atoms with Crippen molar-refractivity contribution in [3.63, 3.8) is 0 Å². The van der Waals surface area contributed by atoms with Crippen molar-refractivity contribution < 1.29 is 0 Å². The van der Waals surface area contributed by atoms with E-state index in [9.17, 15) is 0 Å². The van der Waals surface area contributed by atoms with Crippen LogP contribution in [-0.2, 0) is 0 Å². The number of nitrogens with one attached hydrogen (secondary N) is 1. The Morgan fingerprint density at radius 3 is 2.65 bits per heavy atom. The molecular weight excluding hydrogens is 232 g/mol. The van der Waals surface area contributed by atoms with Crippen molar-refractivity contribution in [1.29, 1.82) is 0 Å². The van der Waals surface area contributed by atoms with Gasteiger partial charge in [-0.2, -0.15) is 5.10 Å². The van der Waals surface area contributed by atoms with Gasteiger partial charge in [0.05, 0.1) is 11.3 Å². The Balaban J connectivity index is 2.19. The van der Waals surface area contributed by atoms with Crippen molar-refractivity contribution in [3.8, 4) is 0 Å². The van der Waals surface area contributed by atoms with Crippen LogP contribution in [0.3, 0.4) is 0 Å². The van der Waals surface area contributed by atoms with Crippen LogP contribution in [0.4, 0.5) is 5.82 Å². The summed E-state index contributed by atoms with van der Waals surface area (Å²) in [6.45, 7) is 4.83. The first-order chi connectivity index (χ1) is 8.09. The predicted octanol–water partition coefficient (Wildman–Crippen LogP) is 1.94. The van der Waals surface area contributed by atoms with Crippen LogP contribution in [0.2, 0.25) is 0 Å². The lowest BCUT2D eigenvalue weighted by molar-refractivity contribution is 0.333. The zero-order valence-electron chi connectivity index (χ0n) is 10.3. The van der Waals surface area contributed by atoms with E-state index in [0.29, 0.717) is 4.99 Å². The lowest BCUT2D eigenvalue weighted by atomic mass is 9.85. The molecule has 0 aliphatic heterocycles. The summed E-state index contributed by atoms with van der Waals surface area (Å²) in [5.74, 6) is 1.49. The van der Waals surface area contributed by atoms with E-state index in [-0.39, 0.29) is 0 Å². The second kappa shape index (κ2) is 4.96. The highest BCUT2D eigenvalue weighted by Crippen LogP contribution is 2.27. The lowest BCUT2D eigenvalue weighted by Gasteiger charge is -2.26. The maximum Gasteiger partial charge on any atom is 0.159 e. The fourth-order valence-corrected chi connectivity index (χ4v) is 2.22. The molecule has 0 amide bonds. The number of nitrogens with zero attached hydrogens (tertiary/aromatic N) is 2. The van der Waals surface area contributed by atoms with E-state index >= 15 is 0 Å². The molecule has 5 heteroatoms. The van der Waals surface area contributed by atoms with Crippen LogP contribution < -0.4 is 11.1 Å². The van der Waals surface area contributed by atoms with Crippen LogP contribution >= 0.6 is 12.2 Å². The fraction of sp³-hybridized carbons (Fsp3) is 0.583.